The van der Waals surface area contributed by atoms with Crippen LogP contribution in [0, 0.1) is 5.82 Å². The lowest BCUT2D eigenvalue weighted by atomic mass is 10.1. The molecule has 10 heteroatoms. The molecule has 1 aromatic carbocycles. The second kappa shape index (κ2) is 7.47. The van der Waals surface area contributed by atoms with E-state index in [0.29, 0.717) is 18.5 Å². The first kappa shape index (κ1) is 19.0. The molecule has 1 aliphatic heterocycles. The van der Waals surface area contributed by atoms with Gasteiger partial charge < -0.3 is 10.5 Å². The fraction of sp³-hybridized carbons (Fsp3) is 0.353. The molecule has 6 nitrogen and oxygen atoms in total. The molecule has 3 N–H and O–H groups in total. The first-order valence-corrected chi connectivity index (χ1v) is 8.11. The summed E-state index contributed by atoms with van der Waals surface area (Å²) in [6, 6.07) is 3.73. The number of alkyl halides is 3. The summed E-state index contributed by atoms with van der Waals surface area (Å²) in [5, 5.41) is 2.98. The summed E-state index contributed by atoms with van der Waals surface area (Å²) in [5.41, 5.74) is 5.03. The zero-order valence-electron chi connectivity index (χ0n) is 13.9. The highest BCUT2D eigenvalue weighted by Crippen LogP contribution is 2.37. The highest BCUT2D eigenvalue weighted by Gasteiger charge is 2.44. The zero-order valence-corrected chi connectivity index (χ0v) is 13.9. The number of carbonyl (C=O) groups is 1. The van der Waals surface area contributed by atoms with Crippen LogP contribution < -0.4 is 15.8 Å². The van der Waals surface area contributed by atoms with Crippen molar-refractivity contribution in [2.75, 3.05) is 0 Å². The number of hydrogen-bond acceptors (Lipinski definition) is 5. The molecule has 2 heterocycles. The van der Waals surface area contributed by atoms with Crippen LogP contribution in [0.15, 0.2) is 36.7 Å². The van der Waals surface area contributed by atoms with Crippen LogP contribution in [0.1, 0.15) is 36.2 Å². The van der Waals surface area contributed by atoms with E-state index in [1.54, 1.807) is 0 Å². The topological polar surface area (TPSA) is 90.1 Å². The van der Waals surface area contributed by atoms with Gasteiger partial charge in [0.15, 0.2) is 0 Å². The summed E-state index contributed by atoms with van der Waals surface area (Å²) in [6.07, 6.45) is -3.95. The van der Waals surface area contributed by atoms with Crippen molar-refractivity contribution in [2.24, 2.45) is 5.73 Å². The van der Waals surface area contributed by atoms with Crippen LogP contribution in [0.25, 0.3) is 0 Å². The van der Waals surface area contributed by atoms with Crippen molar-refractivity contribution in [2.45, 2.75) is 37.2 Å². The molecule has 1 aliphatic rings. The number of ether oxygens (including phenoxy) is 1. The summed E-state index contributed by atoms with van der Waals surface area (Å²) < 4.78 is 58.6. The second-order valence-electron chi connectivity index (χ2n) is 6.09. The number of halogens is 4. The van der Waals surface area contributed by atoms with E-state index in [-0.39, 0.29) is 6.04 Å². The van der Waals surface area contributed by atoms with Gasteiger partial charge in [-0.15, -0.1) is 0 Å². The Balaban J connectivity index is 1.76. The summed E-state index contributed by atoms with van der Waals surface area (Å²) in [6.45, 7) is 0. The van der Waals surface area contributed by atoms with Crippen LogP contribution in [0.3, 0.4) is 0 Å². The summed E-state index contributed by atoms with van der Waals surface area (Å²) >= 11 is 0. The van der Waals surface area contributed by atoms with Crippen molar-refractivity contribution in [1.29, 1.82) is 0 Å². The van der Waals surface area contributed by atoms with Crippen molar-refractivity contribution in [3.63, 3.8) is 0 Å². The Morgan fingerprint density at radius 3 is 2.52 bits per heavy atom. The van der Waals surface area contributed by atoms with E-state index in [9.17, 15) is 22.4 Å². The molecule has 0 radical (unpaired) electrons. The van der Waals surface area contributed by atoms with Crippen molar-refractivity contribution in [3.05, 3.63) is 53.7 Å². The zero-order chi connectivity index (χ0) is 19.6. The van der Waals surface area contributed by atoms with Crippen LogP contribution in [0.5, 0.6) is 5.88 Å². The number of hydrogen-bond donors (Lipinski definition) is 2. The third-order valence-electron chi connectivity index (χ3n) is 4.22. The van der Waals surface area contributed by atoms with Crippen LogP contribution in [0.2, 0.25) is 0 Å². The predicted molar refractivity (Wildman–Crippen MR) is 85.9 cm³/mol. The first-order valence-electron chi connectivity index (χ1n) is 8.11. The fourth-order valence-corrected chi connectivity index (χ4v) is 2.88. The number of rotatable bonds is 5. The first-order chi connectivity index (χ1) is 12.8. The standard InChI is InChI=1S/C17H16F4N4O2/c18-10-4-2-1-3-9(10)15(17(19,20)21)27-14-8-23-13(7-24-14)11-5-6-12(25-11)16(22)26/h1-4,7-8,11-12,15,25H,5-6H2,(H2,22,26). The van der Waals surface area contributed by atoms with E-state index in [4.69, 9.17) is 10.5 Å². The molecule has 0 bridgehead atoms. The Morgan fingerprint density at radius 2 is 1.96 bits per heavy atom. The number of nitrogens with zero attached hydrogens (tertiary/aromatic N) is 2. The number of benzene rings is 1. The van der Waals surface area contributed by atoms with Gasteiger partial charge in [-0.1, -0.05) is 18.2 Å². The fourth-order valence-electron chi connectivity index (χ4n) is 2.88. The van der Waals surface area contributed by atoms with Crippen molar-refractivity contribution < 1.29 is 27.1 Å². The van der Waals surface area contributed by atoms with Gasteiger partial charge in [0.1, 0.15) is 5.82 Å². The van der Waals surface area contributed by atoms with Crippen LogP contribution in [-0.2, 0) is 4.79 Å². The molecule has 2 aromatic rings. The van der Waals surface area contributed by atoms with Gasteiger partial charge in [-0.3, -0.25) is 15.1 Å². The molecule has 144 valence electrons. The smallest absolute Gasteiger partial charge is 0.429 e. The number of carbonyl (C=O) groups excluding carboxylic acids is 1. The average molecular weight is 384 g/mol. The molecule has 1 aromatic heterocycles. The van der Waals surface area contributed by atoms with Gasteiger partial charge in [0, 0.05) is 5.56 Å². The summed E-state index contributed by atoms with van der Waals surface area (Å²) in [5.74, 6) is -1.91. The molecule has 0 aliphatic carbocycles. The van der Waals surface area contributed by atoms with E-state index in [1.165, 1.54) is 18.3 Å². The van der Waals surface area contributed by atoms with E-state index in [0.717, 1.165) is 18.3 Å². The van der Waals surface area contributed by atoms with Gasteiger partial charge in [0.25, 0.3) is 0 Å². The summed E-state index contributed by atoms with van der Waals surface area (Å²) in [4.78, 5) is 19.1. The lowest BCUT2D eigenvalue weighted by Gasteiger charge is -2.22. The molecule has 3 atom stereocenters. The molecule has 0 saturated carbocycles. The molecule has 0 spiro atoms. The normalized spacial score (nSPS) is 21.0. The monoisotopic (exact) mass is 384 g/mol. The maximum atomic E-state index is 13.8. The molecule has 1 saturated heterocycles. The number of nitrogens with one attached hydrogen (secondary N) is 1. The van der Waals surface area contributed by atoms with Gasteiger partial charge in [-0.25, -0.2) is 9.37 Å². The molecule has 1 amide bonds. The van der Waals surface area contributed by atoms with E-state index >= 15 is 0 Å². The average Bonchev–Trinajstić information content (AvgIpc) is 3.10. The lowest BCUT2D eigenvalue weighted by molar-refractivity contribution is -0.199. The Hall–Kier alpha value is -2.75. The number of primary amides is 1. The Kier molecular flexibility index (Phi) is 5.26. The number of amides is 1. The highest BCUT2D eigenvalue weighted by molar-refractivity contribution is 5.80. The third kappa shape index (κ3) is 4.33. The SMILES string of the molecule is NC(=O)C1CCC(c2cnc(OC(c3ccccc3F)C(F)(F)F)cn2)N1. The van der Waals surface area contributed by atoms with Crippen LogP contribution >= 0.6 is 0 Å². The van der Waals surface area contributed by atoms with Gasteiger partial charge in [0.2, 0.25) is 17.9 Å². The molecular formula is C17H16F4N4O2. The molecule has 3 rings (SSSR count). The maximum absolute atomic E-state index is 13.8. The maximum Gasteiger partial charge on any atom is 0.429 e. The molecule has 3 unspecified atom stereocenters. The lowest BCUT2D eigenvalue weighted by Crippen LogP contribution is -2.37. The van der Waals surface area contributed by atoms with Crippen LogP contribution in [0.4, 0.5) is 17.6 Å². The Morgan fingerprint density at radius 1 is 1.22 bits per heavy atom. The van der Waals surface area contributed by atoms with E-state index in [1.807, 2.05) is 0 Å². The minimum Gasteiger partial charge on any atom is -0.458 e. The Labute approximate surface area is 151 Å². The highest BCUT2D eigenvalue weighted by atomic mass is 19.4. The van der Waals surface area contributed by atoms with Gasteiger partial charge >= 0.3 is 6.18 Å². The second-order valence-corrected chi connectivity index (χ2v) is 6.09. The Bertz CT molecular complexity index is 813. The van der Waals surface area contributed by atoms with Gasteiger partial charge in [-0.2, -0.15) is 13.2 Å². The van der Waals surface area contributed by atoms with Crippen molar-refractivity contribution in [3.8, 4) is 5.88 Å². The third-order valence-corrected chi connectivity index (χ3v) is 4.22. The van der Waals surface area contributed by atoms with E-state index in [2.05, 4.69) is 15.3 Å². The minimum absolute atomic E-state index is 0.283. The van der Waals surface area contributed by atoms with E-state index < -0.39 is 41.5 Å². The van der Waals surface area contributed by atoms with Crippen molar-refractivity contribution >= 4 is 5.91 Å². The summed E-state index contributed by atoms with van der Waals surface area (Å²) in [7, 11) is 0. The minimum atomic E-state index is -4.84. The largest absolute Gasteiger partial charge is 0.458 e. The molecule has 27 heavy (non-hydrogen) atoms. The quantitative estimate of drug-likeness (QED) is 0.774. The molecule has 1 fully saturated rings. The van der Waals surface area contributed by atoms with Gasteiger partial charge in [-0.05, 0) is 18.9 Å². The molecular weight excluding hydrogens is 368 g/mol. The van der Waals surface area contributed by atoms with Crippen LogP contribution in [-0.4, -0.2) is 28.1 Å². The number of aromatic nitrogens is 2. The van der Waals surface area contributed by atoms with Crippen molar-refractivity contribution in [1.82, 2.24) is 15.3 Å². The number of nitrogens with two attached hydrogens (primary N) is 1. The predicted octanol–water partition coefficient (Wildman–Crippen LogP) is 2.58. The van der Waals surface area contributed by atoms with Gasteiger partial charge in [0.05, 0.1) is 30.2 Å².